The third-order valence-corrected chi connectivity index (χ3v) is 16.7. The van der Waals surface area contributed by atoms with E-state index in [1.807, 2.05) is 0 Å². The first-order valence-electron chi connectivity index (χ1n) is 37.7. The summed E-state index contributed by atoms with van der Waals surface area (Å²) in [6.45, 7) is 2.22. The van der Waals surface area contributed by atoms with Gasteiger partial charge in [0.1, 0.15) is 25.4 Å². The number of phosphoric ester groups is 2. The first-order chi connectivity index (χ1) is 49.2. The number of unbranched alkanes of at least 4 members (excludes halogenated alkanes) is 14. The Morgan fingerprint density at radius 1 is 0.277 bits per heavy atom. The minimum Gasteiger partial charge on any atom is -0.463 e. The second kappa shape index (κ2) is 74.1. The Bertz CT molecular complexity index is 2620. The van der Waals surface area contributed by atoms with E-state index in [0.29, 0.717) is 19.3 Å². The third-order valence-electron chi connectivity index (χ3n) is 14.8. The molecule has 0 rings (SSSR count). The Hall–Kier alpha value is -5.61. The van der Waals surface area contributed by atoms with Crippen molar-refractivity contribution in [1.29, 1.82) is 0 Å². The van der Waals surface area contributed by atoms with Crippen LogP contribution in [0.25, 0.3) is 0 Å². The average Bonchev–Trinajstić information content (AvgIpc) is 0.972. The van der Waals surface area contributed by atoms with E-state index < -0.39 is 91.5 Å². The predicted octanol–water partition coefficient (Wildman–Crippen LogP) is 22.0. The van der Waals surface area contributed by atoms with Gasteiger partial charge >= 0.3 is 33.6 Å². The second-order valence-electron chi connectivity index (χ2n) is 24.3. The van der Waals surface area contributed by atoms with Gasteiger partial charge < -0.3 is 34.2 Å². The van der Waals surface area contributed by atoms with E-state index in [2.05, 4.69) is 215 Å². The van der Waals surface area contributed by atoms with Crippen LogP contribution in [-0.2, 0) is 55.8 Å². The van der Waals surface area contributed by atoms with E-state index in [9.17, 15) is 43.5 Å². The van der Waals surface area contributed by atoms with Crippen LogP contribution in [0.2, 0.25) is 0 Å². The van der Waals surface area contributed by atoms with Gasteiger partial charge in [0.15, 0.2) is 6.10 Å². The zero-order chi connectivity index (χ0) is 73.7. The Balaban J connectivity index is 4.80. The van der Waals surface area contributed by atoms with Crippen LogP contribution >= 0.6 is 15.6 Å². The highest BCUT2D eigenvalue weighted by molar-refractivity contribution is 7.47. The number of carbonyl (C=O) groups excluding carboxylic acids is 3. The summed E-state index contributed by atoms with van der Waals surface area (Å²) in [5, 5.41) is 20.6. The van der Waals surface area contributed by atoms with Crippen molar-refractivity contribution in [2.75, 3.05) is 39.6 Å². The normalized spacial score (nSPS) is 15.1. The highest BCUT2D eigenvalue weighted by Crippen LogP contribution is 2.45. The summed E-state index contributed by atoms with van der Waals surface area (Å²) in [4.78, 5) is 58.6. The van der Waals surface area contributed by atoms with Gasteiger partial charge in [-0.15, -0.1) is 0 Å². The molecular weight excluding hydrogens is 1310 g/mol. The van der Waals surface area contributed by atoms with Crippen LogP contribution in [0.3, 0.4) is 0 Å². The van der Waals surface area contributed by atoms with Crippen molar-refractivity contribution in [3.8, 4) is 0 Å². The van der Waals surface area contributed by atoms with Crippen LogP contribution in [0.15, 0.2) is 194 Å². The van der Waals surface area contributed by atoms with Crippen molar-refractivity contribution in [3.63, 3.8) is 0 Å². The van der Waals surface area contributed by atoms with Crippen LogP contribution in [-0.4, -0.2) is 95.9 Å². The molecule has 16 nitrogen and oxygen atoms in total. The Kier molecular flexibility index (Phi) is 70.0. The van der Waals surface area contributed by atoms with E-state index in [4.69, 9.17) is 32.3 Å². The fraction of sp³-hybridized carbons (Fsp3) is 0.578. The molecule has 0 amide bonds. The first-order valence-corrected chi connectivity index (χ1v) is 40.7. The summed E-state index contributed by atoms with van der Waals surface area (Å²) in [6, 6.07) is 0. The van der Waals surface area contributed by atoms with Gasteiger partial charge in [-0.25, -0.2) is 9.13 Å². The quantitative estimate of drug-likeness (QED) is 0.0146. The smallest absolute Gasteiger partial charge is 0.463 e. The van der Waals surface area contributed by atoms with E-state index in [1.54, 1.807) is 0 Å². The maximum Gasteiger partial charge on any atom is 0.472 e. The van der Waals surface area contributed by atoms with Crippen LogP contribution < -0.4 is 0 Å². The van der Waals surface area contributed by atoms with Gasteiger partial charge in [0, 0.05) is 19.3 Å². The Morgan fingerprint density at radius 2 is 0.495 bits per heavy atom. The number of aliphatic hydroxyl groups is 2. The number of phosphoric acid groups is 2. The van der Waals surface area contributed by atoms with Crippen molar-refractivity contribution in [2.24, 2.45) is 0 Å². The highest BCUT2D eigenvalue weighted by Gasteiger charge is 2.29. The number of ether oxygens (including phenoxy) is 3. The van der Waals surface area contributed by atoms with E-state index in [0.717, 1.165) is 193 Å². The van der Waals surface area contributed by atoms with Gasteiger partial charge in [0.25, 0.3) is 0 Å². The van der Waals surface area contributed by atoms with E-state index >= 15 is 0 Å². The fourth-order valence-corrected chi connectivity index (χ4v) is 10.7. The van der Waals surface area contributed by atoms with Crippen LogP contribution in [0.5, 0.6) is 0 Å². The van der Waals surface area contributed by atoms with Gasteiger partial charge in [-0.2, -0.15) is 0 Å². The molecule has 0 aliphatic rings. The first kappa shape index (κ1) is 95.4. The minimum atomic E-state index is -4.96. The molecule has 5 atom stereocenters. The van der Waals surface area contributed by atoms with Crippen LogP contribution in [0.4, 0.5) is 0 Å². The number of esters is 3. The van der Waals surface area contributed by atoms with Gasteiger partial charge in [-0.3, -0.25) is 32.5 Å². The Labute approximate surface area is 610 Å². The summed E-state index contributed by atoms with van der Waals surface area (Å²) in [5.74, 6) is -1.68. The van der Waals surface area contributed by atoms with Crippen molar-refractivity contribution in [3.05, 3.63) is 194 Å². The summed E-state index contributed by atoms with van der Waals surface area (Å²) in [5.41, 5.74) is 0. The predicted molar refractivity (Wildman–Crippen MR) is 417 cm³/mol. The third kappa shape index (κ3) is 75.4. The molecule has 0 aromatic heterocycles. The molecule has 0 bridgehead atoms. The standard InChI is InChI=1S/C83H132O16P2/c1-4-7-10-13-16-19-22-25-28-31-34-37-38-41-43-45-48-51-54-57-60-63-66-69-81(86)93-72-78(84)73-95-100(89,90)96-74-79(85)75-97-101(91,92)98-77-80(99-83(88)71-68-65-62-59-56-53-50-47-44-40-36-33-30-27-24-21-18-15-12-9-6-3)76-94-82(87)70-67-64-61-58-55-52-49-46-42-39-35-32-29-26-23-20-17-14-11-8-5-2/h7-12,16-21,25-30,34-37,39-41,43,46-47,49-50,55,58,78-80,84-85H,4-6,13-15,22-24,31-33,38,42,44-45,48,51-54,56-57,59-77H2,1-3H3,(H,89,90)(H,91,92)/b10-7-,11-8-,12-9-,19-16-,20-17-,21-18-,28-25-,29-26-,30-27-,37-34-,39-35-,40-36-,43-41-,49-46-,50-47-,58-55-. The van der Waals surface area contributed by atoms with Crippen LogP contribution in [0, 0.1) is 0 Å². The van der Waals surface area contributed by atoms with Crippen molar-refractivity contribution < 1.29 is 75.8 Å². The van der Waals surface area contributed by atoms with Gasteiger partial charge in [0.2, 0.25) is 0 Å². The monoisotopic (exact) mass is 1450 g/mol. The zero-order valence-electron chi connectivity index (χ0n) is 62.0. The van der Waals surface area contributed by atoms with Crippen molar-refractivity contribution in [2.45, 2.75) is 270 Å². The molecule has 0 spiro atoms. The summed E-state index contributed by atoms with van der Waals surface area (Å²) in [6.07, 6.45) is 96.1. The molecule has 0 aliphatic carbocycles. The fourth-order valence-electron chi connectivity index (χ4n) is 9.15. The summed E-state index contributed by atoms with van der Waals surface area (Å²) < 4.78 is 61.1. The number of carbonyl (C=O) groups is 3. The lowest BCUT2D eigenvalue weighted by Gasteiger charge is -2.21. The van der Waals surface area contributed by atoms with Gasteiger partial charge in [-0.05, 0) is 161 Å². The summed E-state index contributed by atoms with van der Waals surface area (Å²) in [7, 11) is -9.83. The lowest BCUT2D eigenvalue weighted by Crippen LogP contribution is -2.30. The molecule has 18 heteroatoms. The lowest BCUT2D eigenvalue weighted by atomic mass is 10.1. The number of aliphatic hydroxyl groups excluding tert-OH is 2. The molecule has 0 heterocycles. The molecule has 5 unspecified atom stereocenters. The zero-order valence-corrected chi connectivity index (χ0v) is 63.8. The molecule has 4 N–H and O–H groups in total. The largest absolute Gasteiger partial charge is 0.472 e. The van der Waals surface area contributed by atoms with Crippen molar-refractivity contribution >= 4 is 33.6 Å². The summed E-state index contributed by atoms with van der Waals surface area (Å²) >= 11 is 0. The maximum absolute atomic E-state index is 13.0. The molecule has 570 valence electrons. The molecule has 0 saturated carbocycles. The number of allylic oxidation sites excluding steroid dienone is 32. The molecule has 0 aliphatic heterocycles. The maximum atomic E-state index is 13.0. The molecule has 0 aromatic rings. The number of hydrogen-bond acceptors (Lipinski definition) is 14. The Morgan fingerprint density at radius 3 is 0.802 bits per heavy atom. The highest BCUT2D eigenvalue weighted by atomic mass is 31.2. The molecule has 0 fully saturated rings. The van der Waals surface area contributed by atoms with E-state index in [1.165, 1.54) is 0 Å². The topological polar surface area (TPSA) is 231 Å². The molecular formula is C83H132O16P2. The van der Waals surface area contributed by atoms with E-state index in [-0.39, 0.29) is 19.3 Å². The SMILES string of the molecule is CC/C=C\C/C=C\C/C=C\C/C=C\C/C=C\C/C=C\CCCCC(=O)OCC(COP(=O)(O)OCC(O)COP(=O)(O)OCC(O)COC(=O)CCCCCCCCC/C=C\C/C=C\C/C=C\C/C=C\C/C=C\CC)OC(=O)CCCCCCC/C=C\C/C=C\C/C=C\C/C=C\C/C=C\CC. The minimum absolute atomic E-state index is 0.0632. The molecule has 101 heavy (non-hydrogen) atoms. The number of hydrogen-bond donors (Lipinski definition) is 4. The molecule has 0 radical (unpaired) electrons. The van der Waals surface area contributed by atoms with Gasteiger partial charge in [0.05, 0.1) is 26.4 Å². The van der Waals surface area contributed by atoms with Crippen LogP contribution in [0.1, 0.15) is 252 Å². The lowest BCUT2D eigenvalue weighted by molar-refractivity contribution is -0.161. The molecule has 0 saturated heterocycles. The number of rotatable bonds is 69. The van der Waals surface area contributed by atoms with Crippen molar-refractivity contribution in [1.82, 2.24) is 0 Å². The molecule has 0 aromatic carbocycles. The average molecular weight is 1450 g/mol. The van der Waals surface area contributed by atoms with Gasteiger partial charge in [-0.1, -0.05) is 267 Å². The second-order valence-corrected chi connectivity index (χ2v) is 27.2.